The molecule has 106 valence electrons. The third-order valence-corrected chi connectivity index (χ3v) is 1.97. The maximum atomic E-state index is 11.5. The molecular formula is C12H19N3O4. The Morgan fingerprint density at radius 3 is 2.74 bits per heavy atom. The number of esters is 1. The Hall–Kier alpha value is -2.07. The van der Waals surface area contributed by atoms with E-state index in [0.29, 0.717) is 19.6 Å². The first-order valence-electron chi connectivity index (χ1n) is 5.92. The van der Waals surface area contributed by atoms with E-state index in [2.05, 4.69) is 15.4 Å². The van der Waals surface area contributed by atoms with Crippen molar-refractivity contribution < 1.29 is 19.1 Å². The fraction of sp³-hybridized carbons (Fsp3) is 0.583. The summed E-state index contributed by atoms with van der Waals surface area (Å²) in [6, 6.07) is 1.75. The van der Waals surface area contributed by atoms with Crippen molar-refractivity contribution in [3.63, 3.8) is 0 Å². The molecule has 0 aliphatic rings. The number of rotatable bonds is 9. The molecular weight excluding hydrogens is 250 g/mol. The molecule has 0 fully saturated rings. The zero-order valence-corrected chi connectivity index (χ0v) is 11.2. The van der Waals surface area contributed by atoms with E-state index in [1.165, 1.54) is 6.20 Å². The maximum Gasteiger partial charge on any atom is 0.325 e. The van der Waals surface area contributed by atoms with E-state index in [4.69, 9.17) is 10.00 Å². The minimum atomic E-state index is -0.491. The lowest BCUT2D eigenvalue weighted by Crippen LogP contribution is -2.28. The number of nitriles is 1. The molecule has 0 spiro atoms. The Morgan fingerprint density at radius 2 is 2.16 bits per heavy atom. The molecule has 0 aliphatic carbocycles. The van der Waals surface area contributed by atoms with Gasteiger partial charge in [-0.05, 0) is 13.3 Å². The first kappa shape index (κ1) is 16.9. The molecule has 7 heteroatoms. The molecule has 0 bridgehead atoms. The van der Waals surface area contributed by atoms with Crippen molar-refractivity contribution in [2.75, 3.05) is 33.4 Å². The van der Waals surface area contributed by atoms with Gasteiger partial charge < -0.3 is 20.1 Å². The molecule has 0 saturated heterocycles. The van der Waals surface area contributed by atoms with Crippen LogP contribution in [0.2, 0.25) is 0 Å². The van der Waals surface area contributed by atoms with Crippen molar-refractivity contribution in [1.82, 2.24) is 10.6 Å². The smallest absolute Gasteiger partial charge is 0.325 e. The number of methoxy groups -OCH3 is 1. The van der Waals surface area contributed by atoms with E-state index in [1.54, 1.807) is 20.1 Å². The topological polar surface area (TPSA) is 100 Å². The van der Waals surface area contributed by atoms with Gasteiger partial charge in [-0.25, -0.2) is 0 Å². The van der Waals surface area contributed by atoms with Crippen molar-refractivity contribution in [3.05, 3.63) is 11.8 Å². The Kier molecular flexibility index (Phi) is 9.84. The van der Waals surface area contributed by atoms with E-state index in [0.717, 1.165) is 0 Å². The van der Waals surface area contributed by atoms with Gasteiger partial charge in [-0.2, -0.15) is 5.26 Å². The van der Waals surface area contributed by atoms with Crippen LogP contribution in [0.4, 0.5) is 0 Å². The molecule has 0 aromatic rings. The lowest BCUT2D eigenvalue weighted by molar-refractivity contribution is -0.141. The predicted octanol–water partition coefficient (Wildman–Crippen LogP) is -0.301. The van der Waals surface area contributed by atoms with Crippen LogP contribution >= 0.6 is 0 Å². The second-order valence-corrected chi connectivity index (χ2v) is 3.46. The summed E-state index contributed by atoms with van der Waals surface area (Å²) < 4.78 is 9.51. The zero-order valence-electron chi connectivity index (χ0n) is 11.2. The van der Waals surface area contributed by atoms with E-state index in [1.807, 2.05) is 0 Å². The Labute approximate surface area is 112 Å². The molecule has 0 atom stereocenters. The molecule has 7 nitrogen and oxygen atoms in total. The van der Waals surface area contributed by atoms with E-state index in [-0.39, 0.29) is 18.7 Å². The number of hydrogen-bond donors (Lipinski definition) is 2. The normalized spacial score (nSPS) is 10.5. The zero-order chi connectivity index (χ0) is 14.5. The molecule has 0 aliphatic heterocycles. The van der Waals surface area contributed by atoms with Crippen LogP contribution in [-0.4, -0.2) is 45.3 Å². The van der Waals surface area contributed by atoms with E-state index < -0.39 is 11.9 Å². The number of nitrogens with one attached hydrogen (secondary N) is 2. The van der Waals surface area contributed by atoms with Crippen LogP contribution in [0.3, 0.4) is 0 Å². The highest BCUT2D eigenvalue weighted by Crippen LogP contribution is 1.91. The standard InChI is InChI=1S/C12H19N3O4/c1-3-19-11(16)9-14-8-10(7-13)12(17)15-5-4-6-18-2/h8,14H,3-6,9H2,1-2H3,(H,15,17)/b10-8-. The number of carbonyl (C=O) groups excluding carboxylic acids is 2. The summed E-state index contributed by atoms with van der Waals surface area (Å²) in [6.45, 7) is 2.85. The average Bonchev–Trinajstić information content (AvgIpc) is 2.40. The first-order valence-corrected chi connectivity index (χ1v) is 5.92. The monoisotopic (exact) mass is 269 g/mol. The number of nitrogens with zero attached hydrogens (tertiary/aromatic N) is 1. The number of amides is 1. The summed E-state index contributed by atoms with van der Waals surface area (Å²) in [7, 11) is 1.57. The highest BCUT2D eigenvalue weighted by atomic mass is 16.5. The van der Waals surface area contributed by atoms with Gasteiger partial charge in [-0.3, -0.25) is 9.59 Å². The SMILES string of the molecule is CCOC(=O)CN/C=C(/C#N)C(=O)NCCCOC. The predicted molar refractivity (Wildman–Crippen MR) is 67.8 cm³/mol. The third kappa shape index (κ3) is 8.63. The number of ether oxygens (including phenoxy) is 2. The Balaban J connectivity index is 4.07. The van der Waals surface area contributed by atoms with Gasteiger partial charge in [0, 0.05) is 26.5 Å². The summed E-state index contributed by atoms with van der Waals surface area (Å²) in [5.74, 6) is -0.938. The molecule has 0 rings (SSSR count). The summed E-state index contributed by atoms with van der Waals surface area (Å²) in [4.78, 5) is 22.6. The lowest BCUT2D eigenvalue weighted by atomic mass is 10.3. The molecule has 0 radical (unpaired) electrons. The van der Waals surface area contributed by atoms with Gasteiger partial charge in [0.2, 0.25) is 0 Å². The minimum absolute atomic E-state index is 0.0873. The van der Waals surface area contributed by atoms with Crippen molar-refractivity contribution in [1.29, 1.82) is 5.26 Å². The molecule has 1 amide bonds. The Morgan fingerprint density at radius 1 is 1.42 bits per heavy atom. The molecule has 0 aromatic heterocycles. The van der Waals surface area contributed by atoms with Crippen molar-refractivity contribution in [2.24, 2.45) is 0 Å². The lowest BCUT2D eigenvalue weighted by Gasteiger charge is -2.04. The highest BCUT2D eigenvalue weighted by molar-refractivity contribution is 5.97. The second-order valence-electron chi connectivity index (χ2n) is 3.46. The van der Waals surface area contributed by atoms with Gasteiger partial charge in [0.1, 0.15) is 18.2 Å². The van der Waals surface area contributed by atoms with Gasteiger partial charge in [-0.15, -0.1) is 0 Å². The van der Waals surface area contributed by atoms with Gasteiger partial charge in [0.25, 0.3) is 5.91 Å². The molecule has 2 N–H and O–H groups in total. The van der Waals surface area contributed by atoms with Crippen LogP contribution in [0.25, 0.3) is 0 Å². The molecule has 0 heterocycles. The second kappa shape index (κ2) is 11.0. The Bertz CT molecular complexity index is 360. The molecule has 0 aromatic carbocycles. The minimum Gasteiger partial charge on any atom is -0.465 e. The first-order chi connectivity index (χ1) is 9.15. The highest BCUT2D eigenvalue weighted by Gasteiger charge is 2.08. The van der Waals surface area contributed by atoms with Crippen LogP contribution in [0.1, 0.15) is 13.3 Å². The third-order valence-electron chi connectivity index (χ3n) is 1.97. The van der Waals surface area contributed by atoms with Gasteiger partial charge in [0.15, 0.2) is 0 Å². The summed E-state index contributed by atoms with van der Waals surface area (Å²) >= 11 is 0. The van der Waals surface area contributed by atoms with Gasteiger partial charge in [0.05, 0.1) is 6.61 Å². The van der Waals surface area contributed by atoms with Crippen LogP contribution in [0.5, 0.6) is 0 Å². The number of carbonyl (C=O) groups is 2. The summed E-state index contributed by atoms with van der Waals surface area (Å²) in [6.07, 6.45) is 1.86. The van der Waals surface area contributed by atoms with E-state index >= 15 is 0 Å². The van der Waals surface area contributed by atoms with E-state index in [9.17, 15) is 9.59 Å². The number of hydrogen-bond acceptors (Lipinski definition) is 6. The molecule has 0 saturated carbocycles. The van der Waals surface area contributed by atoms with Crippen molar-refractivity contribution in [3.8, 4) is 6.07 Å². The van der Waals surface area contributed by atoms with Crippen LogP contribution in [0.15, 0.2) is 11.8 Å². The van der Waals surface area contributed by atoms with Crippen LogP contribution < -0.4 is 10.6 Å². The van der Waals surface area contributed by atoms with Crippen LogP contribution in [-0.2, 0) is 19.1 Å². The van der Waals surface area contributed by atoms with Crippen LogP contribution in [0, 0.1) is 11.3 Å². The maximum absolute atomic E-state index is 11.5. The van der Waals surface area contributed by atoms with Crippen molar-refractivity contribution in [2.45, 2.75) is 13.3 Å². The molecule has 19 heavy (non-hydrogen) atoms. The average molecular weight is 269 g/mol. The van der Waals surface area contributed by atoms with Gasteiger partial charge in [-0.1, -0.05) is 0 Å². The fourth-order valence-electron chi connectivity index (χ4n) is 1.11. The quantitative estimate of drug-likeness (QED) is 0.258. The fourth-order valence-corrected chi connectivity index (χ4v) is 1.11. The summed E-state index contributed by atoms with van der Waals surface area (Å²) in [5.41, 5.74) is -0.0956. The summed E-state index contributed by atoms with van der Waals surface area (Å²) in [5, 5.41) is 13.9. The largest absolute Gasteiger partial charge is 0.465 e. The molecule has 0 unspecified atom stereocenters. The van der Waals surface area contributed by atoms with Gasteiger partial charge >= 0.3 is 5.97 Å². The van der Waals surface area contributed by atoms with Crippen molar-refractivity contribution >= 4 is 11.9 Å².